The van der Waals surface area contributed by atoms with Crippen LogP contribution in [-0.2, 0) is 4.79 Å². The summed E-state index contributed by atoms with van der Waals surface area (Å²) >= 11 is 0. The lowest BCUT2D eigenvalue weighted by atomic mass is 9.92. The summed E-state index contributed by atoms with van der Waals surface area (Å²) in [4.78, 5) is 16.6. The number of aliphatic imine (C=N–C) groups is 1. The lowest BCUT2D eigenvalue weighted by Crippen LogP contribution is -2.13. The largest absolute Gasteiger partial charge is 0.289 e. The summed E-state index contributed by atoms with van der Waals surface area (Å²) in [6.45, 7) is 4.00. The van der Waals surface area contributed by atoms with Gasteiger partial charge >= 0.3 is 0 Å². The minimum Gasteiger partial charge on any atom is -0.289 e. The van der Waals surface area contributed by atoms with Crippen LogP contribution in [0.25, 0.3) is 0 Å². The average Bonchev–Trinajstić information content (AvgIpc) is 2.41. The molecule has 0 aliphatic heterocycles. The lowest BCUT2D eigenvalue weighted by molar-refractivity contribution is -0.112. The average molecular weight is 239 g/mol. The predicted octanol–water partition coefficient (Wildman–Crippen LogP) is 4.01. The van der Waals surface area contributed by atoms with Crippen LogP contribution in [0.5, 0.6) is 0 Å². The van der Waals surface area contributed by atoms with Crippen molar-refractivity contribution in [3.63, 3.8) is 0 Å². The van der Waals surface area contributed by atoms with Crippen molar-refractivity contribution in [3.8, 4) is 0 Å². The van der Waals surface area contributed by atoms with E-state index in [4.69, 9.17) is 0 Å². The van der Waals surface area contributed by atoms with Gasteiger partial charge in [-0.2, -0.15) is 0 Å². The van der Waals surface area contributed by atoms with E-state index in [1.807, 2.05) is 56.3 Å². The minimum atomic E-state index is 0.173. The molecule has 0 saturated heterocycles. The molecule has 0 spiro atoms. The zero-order valence-electron chi connectivity index (χ0n) is 10.8. The number of allylic oxidation sites excluding steroid dienone is 4. The van der Waals surface area contributed by atoms with Gasteiger partial charge in [0.25, 0.3) is 0 Å². The van der Waals surface area contributed by atoms with E-state index in [1.54, 1.807) is 0 Å². The van der Waals surface area contributed by atoms with Crippen LogP contribution in [0.15, 0.2) is 58.6 Å². The normalized spacial score (nSPS) is 15.2. The van der Waals surface area contributed by atoms with Crippen LogP contribution in [0.4, 0.5) is 5.69 Å². The number of rotatable bonds is 3. The van der Waals surface area contributed by atoms with E-state index < -0.39 is 0 Å². The van der Waals surface area contributed by atoms with E-state index in [0.29, 0.717) is 0 Å². The Labute approximate surface area is 108 Å². The smallest absolute Gasteiger partial charge is 0.185 e. The Bertz CT molecular complexity index is 509. The summed E-state index contributed by atoms with van der Waals surface area (Å²) in [6, 6.07) is 9.81. The summed E-state index contributed by atoms with van der Waals surface area (Å²) in [5.74, 6) is 0.173. The van der Waals surface area contributed by atoms with Gasteiger partial charge in [-0.3, -0.25) is 4.79 Å². The molecule has 92 valence electrons. The maximum absolute atomic E-state index is 12.0. The molecule has 0 amide bonds. The first kappa shape index (κ1) is 12.5. The number of para-hydroxylation sites is 1. The summed E-state index contributed by atoms with van der Waals surface area (Å²) < 4.78 is 0. The van der Waals surface area contributed by atoms with Crippen LogP contribution in [0.1, 0.15) is 26.7 Å². The third-order valence-electron chi connectivity index (χ3n) is 3.00. The number of hydrogen-bond donors (Lipinski definition) is 0. The maximum atomic E-state index is 12.0. The topological polar surface area (TPSA) is 29.4 Å². The molecule has 2 rings (SSSR count). The first-order valence-electron chi connectivity index (χ1n) is 6.34. The van der Waals surface area contributed by atoms with Crippen molar-refractivity contribution in [2.24, 2.45) is 4.99 Å². The van der Waals surface area contributed by atoms with Gasteiger partial charge in [0.2, 0.25) is 0 Å². The van der Waals surface area contributed by atoms with Crippen LogP contribution >= 0.6 is 0 Å². The Kier molecular flexibility index (Phi) is 3.88. The van der Waals surface area contributed by atoms with Crippen molar-refractivity contribution in [1.82, 2.24) is 0 Å². The van der Waals surface area contributed by atoms with Crippen LogP contribution < -0.4 is 0 Å². The van der Waals surface area contributed by atoms with Gasteiger partial charge in [0, 0.05) is 11.1 Å². The fraction of sp³-hybridized carbons (Fsp3) is 0.250. The molecule has 0 fully saturated rings. The van der Waals surface area contributed by atoms with E-state index in [1.165, 1.54) is 0 Å². The van der Waals surface area contributed by atoms with Crippen LogP contribution in [0.3, 0.4) is 0 Å². The molecule has 1 aromatic rings. The number of carbonyl (C=O) groups is 1. The van der Waals surface area contributed by atoms with E-state index in [0.717, 1.165) is 35.4 Å². The summed E-state index contributed by atoms with van der Waals surface area (Å²) in [5.41, 5.74) is 3.49. The first-order chi connectivity index (χ1) is 8.74. The van der Waals surface area contributed by atoms with E-state index >= 15 is 0 Å². The highest BCUT2D eigenvalue weighted by Crippen LogP contribution is 2.20. The molecule has 2 heteroatoms. The Morgan fingerprint density at radius 1 is 0.944 bits per heavy atom. The summed E-state index contributed by atoms with van der Waals surface area (Å²) in [6.07, 6.45) is 5.30. The molecule has 1 aliphatic rings. The fourth-order valence-corrected chi connectivity index (χ4v) is 1.98. The molecule has 0 bridgehead atoms. The fourth-order valence-electron chi connectivity index (χ4n) is 1.98. The monoisotopic (exact) mass is 239 g/mol. The third-order valence-corrected chi connectivity index (χ3v) is 3.00. The Morgan fingerprint density at radius 3 is 2.00 bits per heavy atom. The highest BCUT2D eigenvalue weighted by atomic mass is 16.1. The van der Waals surface area contributed by atoms with Gasteiger partial charge in [0.1, 0.15) is 0 Å². The van der Waals surface area contributed by atoms with Gasteiger partial charge in [0.15, 0.2) is 5.78 Å². The highest BCUT2D eigenvalue weighted by molar-refractivity contribution is 6.22. The van der Waals surface area contributed by atoms with Gasteiger partial charge in [-0.1, -0.05) is 32.0 Å². The molecule has 1 aromatic carbocycles. The van der Waals surface area contributed by atoms with Crippen molar-refractivity contribution in [3.05, 3.63) is 53.6 Å². The number of benzene rings is 1. The molecule has 0 radical (unpaired) electrons. The van der Waals surface area contributed by atoms with E-state index in [9.17, 15) is 4.79 Å². The SMILES string of the molecule is CCC1=CC(=Nc2ccccc2)C=C(CC)C1=O. The maximum Gasteiger partial charge on any atom is 0.185 e. The van der Waals surface area contributed by atoms with Crippen LogP contribution in [-0.4, -0.2) is 11.5 Å². The lowest BCUT2D eigenvalue weighted by Gasteiger charge is -2.12. The first-order valence-corrected chi connectivity index (χ1v) is 6.34. The van der Waals surface area contributed by atoms with E-state index in [-0.39, 0.29) is 5.78 Å². The second kappa shape index (κ2) is 5.58. The number of carbonyl (C=O) groups excluding carboxylic acids is 1. The minimum absolute atomic E-state index is 0.173. The molecular formula is C16H17NO. The molecule has 18 heavy (non-hydrogen) atoms. The van der Waals surface area contributed by atoms with Crippen molar-refractivity contribution >= 4 is 17.2 Å². The molecule has 0 heterocycles. The Hall–Kier alpha value is -1.96. The molecule has 0 saturated carbocycles. The zero-order chi connectivity index (χ0) is 13.0. The van der Waals surface area contributed by atoms with Crippen molar-refractivity contribution in [1.29, 1.82) is 0 Å². The van der Waals surface area contributed by atoms with E-state index in [2.05, 4.69) is 4.99 Å². The molecule has 2 nitrogen and oxygen atoms in total. The second-order valence-electron chi connectivity index (χ2n) is 4.25. The van der Waals surface area contributed by atoms with Gasteiger partial charge in [-0.15, -0.1) is 0 Å². The quantitative estimate of drug-likeness (QED) is 0.733. The summed E-state index contributed by atoms with van der Waals surface area (Å²) in [7, 11) is 0. The number of hydrogen-bond acceptors (Lipinski definition) is 2. The van der Waals surface area contributed by atoms with Gasteiger partial charge in [-0.25, -0.2) is 4.99 Å². The second-order valence-corrected chi connectivity index (χ2v) is 4.25. The molecule has 0 N–H and O–H groups in total. The van der Waals surface area contributed by atoms with Crippen molar-refractivity contribution in [2.75, 3.05) is 0 Å². The van der Waals surface area contributed by atoms with Crippen LogP contribution in [0, 0.1) is 0 Å². The Morgan fingerprint density at radius 2 is 1.50 bits per heavy atom. The standard InChI is InChI=1S/C16H17NO/c1-3-12-10-15(11-13(4-2)16(12)18)17-14-8-6-5-7-9-14/h5-11H,3-4H2,1-2H3. The van der Waals surface area contributed by atoms with Gasteiger partial charge in [0.05, 0.1) is 11.4 Å². The highest BCUT2D eigenvalue weighted by Gasteiger charge is 2.17. The molecule has 0 aromatic heterocycles. The van der Waals surface area contributed by atoms with Gasteiger partial charge in [-0.05, 0) is 37.1 Å². The third kappa shape index (κ3) is 2.65. The van der Waals surface area contributed by atoms with Gasteiger partial charge < -0.3 is 0 Å². The summed E-state index contributed by atoms with van der Waals surface area (Å²) in [5, 5.41) is 0. The Balaban J connectivity index is 2.39. The molecular weight excluding hydrogens is 222 g/mol. The zero-order valence-corrected chi connectivity index (χ0v) is 10.8. The van der Waals surface area contributed by atoms with Crippen molar-refractivity contribution < 1.29 is 4.79 Å². The molecule has 1 aliphatic carbocycles. The molecule has 0 atom stereocenters. The number of nitrogens with zero attached hydrogens (tertiary/aromatic N) is 1. The van der Waals surface area contributed by atoms with Crippen LogP contribution in [0.2, 0.25) is 0 Å². The van der Waals surface area contributed by atoms with Crippen molar-refractivity contribution in [2.45, 2.75) is 26.7 Å². The molecule has 0 unspecified atom stereocenters. The number of ketones is 1. The number of Topliss-reactive ketones (excluding diaryl/α,β-unsaturated/α-hetero) is 1. The predicted molar refractivity (Wildman–Crippen MR) is 75.3 cm³/mol.